The number of hydrogen-bond donors (Lipinski definition) is 0. The van der Waals surface area contributed by atoms with Gasteiger partial charge in [-0.05, 0) is 24.3 Å². The largest absolute Gasteiger partial charge is 0.314 e. The summed E-state index contributed by atoms with van der Waals surface area (Å²) in [6.07, 6.45) is 13.7. The Morgan fingerprint density at radius 3 is 3.00 bits per heavy atom. The lowest BCUT2D eigenvalue weighted by molar-refractivity contribution is 1.24. The molecule has 3 aromatic heterocycles. The van der Waals surface area contributed by atoms with E-state index in [1.807, 2.05) is 49.0 Å². The Balaban J connectivity index is 2.39. The molecule has 3 aromatic rings. The summed E-state index contributed by atoms with van der Waals surface area (Å²) in [4.78, 5) is 8.63. The highest BCUT2D eigenvalue weighted by molar-refractivity contribution is 6.11. The lowest BCUT2D eigenvalue weighted by Crippen LogP contribution is -1.88. The van der Waals surface area contributed by atoms with Gasteiger partial charge in [0.05, 0.1) is 16.7 Å². The van der Waals surface area contributed by atoms with Gasteiger partial charge in [0.15, 0.2) is 0 Å². The quantitative estimate of drug-likeness (QED) is 0.581. The minimum atomic E-state index is 1.00. The summed E-state index contributed by atoms with van der Waals surface area (Å²) < 4.78 is 2.18. The Morgan fingerprint density at radius 1 is 1.00 bits per heavy atom. The van der Waals surface area contributed by atoms with Crippen molar-refractivity contribution in [3.05, 3.63) is 48.6 Å². The second-order valence-corrected chi connectivity index (χ2v) is 4.06. The van der Waals surface area contributed by atoms with Gasteiger partial charge < -0.3 is 4.57 Å². The smallest absolute Gasteiger partial charge is 0.0876 e. The number of nitrogens with zero attached hydrogens (tertiary/aromatic N) is 3. The van der Waals surface area contributed by atoms with Crippen LogP contribution in [0.25, 0.3) is 34.1 Å². The highest BCUT2D eigenvalue weighted by Crippen LogP contribution is 2.31. The maximum atomic E-state index is 4.42. The third-order valence-electron chi connectivity index (χ3n) is 3.14. The van der Waals surface area contributed by atoms with Gasteiger partial charge in [-0.1, -0.05) is 6.08 Å². The van der Waals surface area contributed by atoms with Crippen LogP contribution in [0.4, 0.5) is 0 Å². The van der Waals surface area contributed by atoms with Crippen LogP contribution >= 0.6 is 0 Å². The van der Waals surface area contributed by atoms with Crippen LogP contribution in [-0.2, 0) is 0 Å². The Kier molecular flexibility index (Phi) is 1.56. The molecule has 1 aliphatic heterocycles. The molecule has 3 nitrogen and oxygen atoms in total. The molecule has 0 unspecified atom stereocenters. The molecule has 0 aliphatic carbocycles. The van der Waals surface area contributed by atoms with E-state index < -0.39 is 0 Å². The molecule has 0 saturated heterocycles. The van der Waals surface area contributed by atoms with E-state index in [0.29, 0.717) is 0 Å². The van der Waals surface area contributed by atoms with Crippen molar-refractivity contribution in [3.8, 4) is 0 Å². The minimum Gasteiger partial charge on any atom is -0.314 e. The minimum absolute atomic E-state index is 1.00. The predicted molar refractivity (Wildman–Crippen MR) is 69.4 cm³/mol. The van der Waals surface area contributed by atoms with Crippen LogP contribution in [0.5, 0.6) is 0 Å². The zero-order chi connectivity index (χ0) is 11.2. The zero-order valence-electron chi connectivity index (χ0n) is 9.04. The molecule has 0 N–H and O–H groups in total. The van der Waals surface area contributed by atoms with Gasteiger partial charge in [0.25, 0.3) is 0 Å². The molecular weight excluding hydrogens is 210 g/mol. The summed E-state index contributed by atoms with van der Waals surface area (Å²) in [6.45, 7) is 0. The number of rotatable bonds is 0. The van der Waals surface area contributed by atoms with E-state index in [0.717, 1.165) is 11.2 Å². The molecule has 80 valence electrons. The van der Waals surface area contributed by atoms with Crippen LogP contribution in [0, 0.1) is 0 Å². The number of allylic oxidation sites excluding steroid dienone is 2. The molecule has 0 fully saturated rings. The molecule has 0 saturated carbocycles. The van der Waals surface area contributed by atoms with Gasteiger partial charge in [0.2, 0.25) is 0 Å². The van der Waals surface area contributed by atoms with Crippen molar-refractivity contribution in [3.63, 3.8) is 0 Å². The van der Waals surface area contributed by atoms with Gasteiger partial charge >= 0.3 is 0 Å². The third kappa shape index (κ3) is 1.05. The number of pyridine rings is 2. The fourth-order valence-electron chi connectivity index (χ4n) is 2.43. The highest BCUT2D eigenvalue weighted by Gasteiger charge is 2.12. The molecule has 4 heterocycles. The van der Waals surface area contributed by atoms with Crippen molar-refractivity contribution in [2.45, 2.75) is 0 Å². The van der Waals surface area contributed by atoms with Crippen molar-refractivity contribution in [1.82, 2.24) is 14.5 Å². The molecule has 0 atom stereocenters. The van der Waals surface area contributed by atoms with Gasteiger partial charge in [-0.25, -0.2) is 0 Å². The normalized spacial score (nSPS) is 13.4. The predicted octanol–water partition coefficient (Wildman–Crippen LogP) is 3.08. The van der Waals surface area contributed by atoms with E-state index in [1.54, 1.807) is 0 Å². The molecule has 0 spiro atoms. The molecular formula is C14H9N3. The Labute approximate surface area is 97.7 Å². The summed E-state index contributed by atoms with van der Waals surface area (Å²) in [5, 5.41) is 2.38. The van der Waals surface area contributed by atoms with E-state index in [1.165, 1.54) is 16.3 Å². The first-order valence-corrected chi connectivity index (χ1v) is 5.52. The number of aromatic nitrogens is 3. The highest BCUT2D eigenvalue weighted by atomic mass is 15.0. The standard InChI is InChI=1S/C14H9N3/c1-2-8-17-13-5-6-15-9-11(13)10-4-7-16-12(3-1)14(10)17/h1-9H. The molecule has 3 heteroatoms. The summed E-state index contributed by atoms with van der Waals surface area (Å²) in [7, 11) is 0. The van der Waals surface area contributed by atoms with E-state index >= 15 is 0 Å². The van der Waals surface area contributed by atoms with Gasteiger partial charge in [-0.15, -0.1) is 0 Å². The summed E-state index contributed by atoms with van der Waals surface area (Å²) >= 11 is 0. The second kappa shape index (κ2) is 3.04. The summed E-state index contributed by atoms with van der Waals surface area (Å²) in [5.74, 6) is 0. The average molecular weight is 219 g/mol. The monoisotopic (exact) mass is 219 g/mol. The fourth-order valence-corrected chi connectivity index (χ4v) is 2.43. The van der Waals surface area contributed by atoms with Crippen molar-refractivity contribution in [2.75, 3.05) is 0 Å². The van der Waals surface area contributed by atoms with Crippen molar-refractivity contribution in [1.29, 1.82) is 0 Å². The van der Waals surface area contributed by atoms with Crippen molar-refractivity contribution in [2.24, 2.45) is 0 Å². The molecule has 4 rings (SSSR count). The molecule has 0 radical (unpaired) electrons. The lowest BCUT2D eigenvalue weighted by atomic mass is 10.2. The second-order valence-electron chi connectivity index (χ2n) is 4.06. The van der Waals surface area contributed by atoms with Crippen LogP contribution in [-0.4, -0.2) is 14.5 Å². The molecule has 1 aliphatic rings. The van der Waals surface area contributed by atoms with Crippen molar-refractivity contribution >= 4 is 34.1 Å². The maximum absolute atomic E-state index is 4.42. The van der Waals surface area contributed by atoms with Gasteiger partial charge in [0.1, 0.15) is 0 Å². The van der Waals surface area contributed by atoms with Crippen molar-refractivity contribution < 1.29 is 0 Å². The first-order chi connectivity index (χ1) is 8.45. The SMILES string of the molecule is C1=Cc2nccc3c4cnccc4n(c23)C=C1. The fraction of sp³-hybridized carbons (Fsp3) is 0. The number of fused-ring (bicyclic) bond motifs is 3. The Morgan fingerprint density at radius 2 is 2.00 bits per heavy atom. The molecule has 0 aromatic carbocycles. The first kappa shape index (κ1) is 8.70. The van der Waals surface area contributed by atoms with Gasteiger partial charge in [-0.3, -0.25) is 9.97 Å². The third-order valence-corrected chi connectivity index (χ3v) is 3.14. The van der Waals surface area contributed by atoms with E-state index in [9.17, 15) is 0 Å². The topological polar surface area (TPSA) is 30.7 Å². The van der Waals surface area contributed by atoms with Gasteiger partial charge in [0, 0.05) is 35.6 Å². The van der Waals surface area contributed by atoms with Gasteiger partial charge in [-0.2, -0.15) is 0 Å². The van der Waals surface area contributed by atoms with E-state index in [2.05, 4.69) is 20.7 Å². The van der Waals surface area contributed by atoms with Crippen LogP contribution in [0.2, 0.25) is 0 Å². The molecule has 0 amide bonds. The lowest BCUT2D eigenvalue weighted by Gasteiger charge is -2.00. The van der Waals surface area contributed by atoms with Crippen LogP contribution in [0.15, 0.2) is 42.9 Å². The Hall–Kier alpha value is -2.42. The zero-order valence-corrected chi connectivity index (χ0v) is 9.04. The Bertz CT molecular complexity index is 794. The first-order valence-electron chi connectivity index (χ1n) is 5.52. The summed E-state index contributed by atoms with van der Waals surface area (Å²) in [5.41, 5.74) is 3.33. The van der Waals surface area contributed by atoms with E-state index in [-0.39, 0.29) is 0 Å². The molecule has 0 bridgehead atoms. The number of hydrogen-bond acceptors (Lipinski definition) is 2. The van der Waals surface area contributed by atoms with E-state index in [4.69, 9.17) is 0 Å². The summed E-state index contributed by atoms with van der Waals surface area (Å²) in [6, 6.07) is 4.08. The van der Waals surface area contributed by atoms with Crippen LogP contribution < -0.4 is 0 Å². The van der Waals surface area contributed by atoms with Crippen LogP contribution in [0.3, 0.4) is 0 Å². The average Bonchev–Trinajstić information content (AvgIpc) is 2.56. The maximum Gasteiger partial charge on any atom is 0.0876 e. The molecule has 17 heavy (non-hydrogen) atoms. The van der Waals surface area contributed by atoms with Crippen LogP contribution in [0.1, 0.15) is 5.69 Å².